The molecular weight excluding hydrogens is 466 g/mol. The largest absolute Gasteiger partial charge is 0.464 e. The SMILES string of the molecule is Cc1csc(CC(=O)N[C@H]2CC[C@H](CCN3CCc4sc(OCC(C)(F)F)nc4C3)CC2)n1. The second-order valence-electron chi connectivity index (χ2n) is 9.37. The number of carbonyl (C=O) groups is 1. The lowest BCUT2D eigenvalue weighted by Gasteiger charge is -2.32. The van der Waals surface area contributed by atoms with Crippen molar-refractivity contribution in [1.82, 2.24) is 20.2 Å². The van der Waals surface area contributed by atoms with Gasteiger partial charge >= 0.3 is 0 Å². The van der Waals surface area contributed by atoms with Gasteiger partial charge < -0.3 is 10.1 Å². The molecule has 33 heavy (non-hydrogen) atoms. The molecule has 1 aliphatic heterocycles. The van der Waals surface area contributed by atoms with Crippen molar-refractivity contribution >= 4 is 28.6 Å². The Labute approximate surface area is 201 Å². The number of nitrogens with zero attached hydrogens (tertiary/aromatic N) is 3. The summed E-state index contributed by atoms with van der Waals surface area (Å²) in [6, 6.07) is 0.274. The summed E-state index contributed by atoms with van der Waals surface area (Å²) in [6.45, 7) is 4.93. The van der Waals surface area contributed by atoms with E-state index in [1.54, 1.807) is 11.3 Å². The van der Waals surface area contributed by atoms with Crippen molar-refractivity contribution in [2.24, 2.45) is 5.92 Å². The van der Waals surface area contributed by atoms with E-state index >= 15 is 0 Å². The fraction of sp³-hybridized carbons (Fsp3) is 0.696. The quantitative estimate of drug-likeness (QED) is 0.547. The Morgan fingerprint density at radius 2 is 2.09 bits per heavy atom. The molecule has 0 saturated heterocycles. The van der Waals surface area contributed by atoms with Gasteiger partial charge in [0.25, 0.3) is 11.1 Å². The Bertz CT molecular complexity index is 935. The number of hydrogen-bond donors (Lipinski definition) is 1. The minimum atomic E-state index is -2.85. The van der Waals surface area contributed by atoms with Crippen LogP contribution in [-0.4, -0.2) is 52.4 Å². The number of nitrogens with one attached hydrogen (secondary N) is 1. The predicted octanol–water partition coefficient (Wildman–Crippen LogP) is 4.61. The van der Waals surface area contributed by atoms with Gasteiger partial charge in [-0.3, -0.25) is 9.69 Å². The van der Waals surface area contributed by atoms with Crippen molar-refractivity contribution in [3.63, 3.8) is 0 Å². The number of aryl methyl sites for hydroxylation is 1. The molecule has 1 fully saturated rings. The summed E-state index contributed by atoms with van der Waals surface area (Å²) in [5, 5.41) is 6.40. The first-order valence-corrected chi connectivity index (χ1v) is 13.3. The van der Waals surface area contributed by atoms with E-state index in [0.717, 1.165) is 86.4 Å². The molecule has 0 bridgehead atoms. The molecule has 2 aromatic heterocycles. The van der Waals surface area contributed by atoms with Crippen molar-refractivity contribution in [3.05, 3.63) is 26.7 Å². The van der Waals surface area contributed by atoms with Crippen LogP contribution in [0.2, 0.25) is 0 Å². The highest BCUT2D eigenvalue weighted by atomic mass is 32.1. The average Bonchev–Trinajstić information content (AvgIpc) is 3.36. The van der Waals surface area contributed by atoms with Crippen molar-refractivity contribution in [2.45, 2.75) is 77.3 Å². The lowest BCUT2D eigenvalue weighted by Crippen LogP contribution is -2.39. The summed E-state index contributed by atoms with van der Waals surface area (Å²) in [4.78, 5) is 24.7. The number of fused-ring (bicyclic) bond motifs is 1. The maximum Gasteiger partial charge on any atom is 0.278 e. The third-order valence-electron chi connectivity index (χ3n) is 6.28. The summed E-state index contributed by atoms with van der Waals surface area (Å²) in [5.41, 5.74) is 1.94. The summed E-state index contributed by atoms with van der Waals surface area (Å²) < 4.78 is 31.2. The maximum atomic E-state index is 13.0. The Kier molecular flexibility index (Phi) is 7.96. The summed E-state index contributed by atoms with van der Waals surface area (Å²) in [6.07, 6.45) is 6.76. The van der Waals surface area contributed by atoms with Gasteiger partial charge in [-0.15, -0.1) is 11.3 Å². The molecule has 0 aromatic carbocycles. The van der Waals surface area contributed by atoms with E-state index in [2.05, 4.69) is 20.2 Å². The van der Waals surface area contributed by atoms with Gasteiger partial charge in [0.2, 0.25) is 5.91 Å². The van der Waals surface area contributed by atoms with E-state index in [9.17, 15) is 13.6 Å². The Morgan fingerprint density at radius 3 is 2.79 bits per heavy atom. The van der Waals surface area contributed by atoms with Crippen LogP contribution in [0, 0.1) is 12.8 Å². The zero-order valence-electron chi connectivity index (χ0n) is 19.2. The van der Waals surface area contributed by atoms with Gasteiger partial charge in [-0.25, -0.2) is 18.7 Å². The molecule has 182 valence electrons. The van der Waals surface area contributed by atoms with Gasteiger partial charge in [-0.1, -0.05) is 11.3 Å². The number of hydrogen-bond acceptors (Lipinski definition) is 7. The predicted molar refractivity (Wildman–Crippen MR) is 126 cm³/mol. The first kappa shape index (κ1) is 24.5. The Morgan fingerprint density at radius 1 is 1.30 bits per heavy atom. The lowest BCUT2D eigenvalue weighted by molar-refractivity contribution is -0.121. The van der Waals surface area contributed by atoms with Crippen molar-refractivity contribution in [2.75, 3.05) is 19.7 Å². The molecule has 10 heteroatoms. The van der Waals surface area contributed by atoms with Crippen LogP contribution < -0.4 is 10.1 Å². The molecule has 0 atom stereocenters. The van der Waals surface area contributed by atoms with E-state index in [0.29, 0.717) is 17.5 Å². The molecule has 6 nitrogen and oxygen atoms in total. The molecule has 3 heterocycles. The highest BCUT2D eigenvalue weighted by Gasteiger charge is 2.27. The monoisotopic (exact) mass is 498 g/mol. The van der Waals surface area contributed by atoms with Crippen LogP contribution in [0.3, 0.4) is 0 Å². The molecule has 1 saturated carbocycles. The van der Waals surface area contributed by atoms with E-state index in [4.69, 9.17) is 4.74 Å². The number of aromatic nitrogens is 2. The normalized spacial score (nSPS) is 21.6. The highest BCUT2D eigenvalue weighted by Crippen LogP contribution is 2.32. The second kappa shape index (κ2) is 10.7. The molecule has 1 N–H and O–H groups in total. The third kappa shape index (κ3) is 7.42. The molecule has 2 aliphatic rings. The molecular formula is C23H32F2N4O2S2. The fourth-order valence-corrected chi connectivity index (χ4v) is 6.21. The number of amides is 1. The van der Waals surface area contributed by atoms with Gasteiger partial charge in [-0.2, -0.15) is 0 Å². The molecule has 1 amide bonds. The van der Waals surface area contributed by atoms with E-state index < -0.39 is 12.5 Å². The van der Waals surface area contributed by atoms with Gasteiger partial charge in [0, 0.05) is 42.0 Å². The van der Waals surface area contributed by atoms with Crippen molar-refractivity contribution in [3.8, 4) is 5.19 Å². The molecule has 1 aliphatic carbocycles. The van der Waals surface area contributed by atoms with Gasteiger partial charge in [0.1, 0.15) is 5.01 Å². The second-order valence-corrected chi connectivity index (χ2v) is 11.4. The minimum Gasteiger partial charge on any atom is -0.464 e. The zero-order chi connectivity index (χ0) is 23.4. The van der Waals surface area contributed by atoms with Crippen LogP contribution in [0.1, 0.15) is 60.3 Å². The van der Waals surface area contributed by atoms with Crippen molar-refractivity contribution in [1.29, 1.82) is 0 Å². The number of halogens is 2. The third-order valence-corrected chi connectivity index (χ3v) is 8.32. The lowest BCUT2D eigenvalue weighted by atomic mass is 9.84. The fourth-order valence-electron chi connectivity index (χ4n) is 4.53. The summed E-state index contributed by atoms with van der Waals surface area (Å²) in [7, 11) is 0. The Balaban J connectivity index is 1.15. The van der Waals surface area contributed by atoms with Gasteiger partial charge in [0.05, 0.1) is 12.1 Å². The number of rotatable bonds is 9. The maximum absolute atomic E-state index is 13.0. The van der Waals surface area contributed by atoms with E-state index in [1.807, 2.05) is 12.3 Å². The van der Waals surface area contributed by atoms with Crippen molar-refractivity contribution < 1.29 is 18.3 Å². The highest BCUT2D eigenvalue weighted by molar-refractivity contribution is 7.13. The molecule has 0 radical (unpaired) electrons. The first-order chi connectivity index (χ1) is 15.7. The Hall–Kier alpha value is -1.65. The van der Waals surface area contributed by atoms with Crippen LogP contribution in [0.25, 0.3) is 0 Å². The summed E-state index contributed by atoms with van der Waals surface area (Å²) in [5.74, 6) is -2.09. The molecule has 0 unspecified atom stereocenters. The van der Waals surface area contributed by atoms with Crippen LogP contribution in [0.4, 0.5) is 8.78 Å². The first-order valence-electron chi connectivity index (χ1n) is 11.7. The molecule has 0 spiro atoms. The number of thiazole rings is 2. The number of ether oxygens (including phenoxy) is 1. The minimum absolute atomic E-state index is 0.0752. The standard InChI is InChI=1S/C23H32F2N4O2S2/c1-15-13-32-21(26-15)11-20(30)27-17-5-3-16(4-6-17)7-9-29-10-8-19-18(12-29)28-22(33-19)31-14-23(2,24)25/h13,16-17H,3-12,14H2,1-2H3,(H,27,30)/t16-,17-. The smallest absolute Gasteiger partial charge is 0.278 e. The van der Waals surface area contributed by atoms with E-state index in [-0.39, 0.29) is 11.9 Å². The van der Waals surface area contributed by atoms with E-state index in [1.165, 1.54) is 11.3 Å². The topological polar surface area (TPSA) is 67.4 Å². The van der Waals surface area contributed by atoms with Crippen LogP contribution in [0.5, 0.6) is 5.19 Å². The van der Waals surface area contributed by atoms with Crippen LogP contribution in [-0.2, 0) is 24.2 Å². The van der Waals surface area contributed by atoms with Crippen LogP contribution >= 0.6 is 22.7 Å². The number of alkyl halides is 2. The van der Waals surface area contributed by atoms with Gasteiger partial charge in [0.15, 0.2) is 6.61 Å². The van der Waals surface area contributed by atoms with Gasteiger partial charge in [-0.05, 0) is 57.9 Å². The summed E-state index contributed by atoms with van der Waals surface area (Å²) >= 11 is 2.94. The number of carbonyl (C=O) groups excluding carboxylic acids is 1. The molecule has 2 aromatic rings. The average molecular weight is 499 g/mol. The molecule has 4 rings (SSSR count). The zero-order valence-corrected chi connectivity index (χ0v) is 20.9. The van der Waals surface area contributed by atoms with Crippen LogP contribution in [0.15, 0.2) is 5.38 Å².